The number of imidazole rings is 1. The number of fused-ring (bicyclic) bond motifs is 1. The molecule has 0 amide bonds. The van der Waals surface area contributed by atoms with Crippen molar-refractivity contribution in [1.82, 2.24) is 18.7 Å². The molecule has 0 aliphatic rings. The number of hydrogen-bond donors (Lipinski definition) is 0. The first kappa shape index (κ1) is 19.5. The Balaban J connectivity index is 1.88. The molecule has 0 N–H and O–H groups in total. The van der Waals surface area contributed by atoms with Crippen molar-refractivity contribution in [3.05, 3.63) is 91.6 Å². The summed E-state index contributed by atoms with van der Waals surface area (Å²) in [5.41, 5.74) is 2.21. The minimum atomic E-state index is -0.394. The monoisotopic (exact) mass is 426 g/mol. The van der Waals surface area contributed by atoms with Crippen molar-refractivity contribution in [2.24, 2.45) is 21.1 Å². The summed E-state index contributed by atoms with van der Waals surface area (Å²) in [5.74, 6) is 0. The maximum atomic E-state index is 12.7. The van der Waals surface area contributed by atoms with Gasteiger partial charge in [0, 0.05) is 26.2 Å². The zero-order valence-electron chi connectivity index (χ0n) is 16.2. The van der Waals surface area contributed by atoms with Crippen molar-refractivity contribution < 1.29 is 0 Å². The Bertz CT molecular complexity index is 1310. The number of thioether (sulfide) groups is 1. The number of hydrogen-bond acceptors (Lipinski definition) is 4. The molecule has 1 unspecified atom stereocenters. The summed E-state index contributed by atoms with van der Waals surface area (Å²) in [5, 5.41) is 1.28. The molecule has 4 aromatic rings. The van der Waals surface area contributed by atoms with E-state index in [1.807, 2.05) is 42.5 Å². The second-order valence-electron chi connectivity index (χ2n) is 6.79. The molecular weight excluding hydrogens is 408 g/mol. The molecule has 2 heterocycles. The van der Waals surface area contributed by atoms with E-state index in [2.05, 4.69) is 17.1 Å². The topological polar surface area (TPSA) is 61.8 Å². The van der Waals surface area contributed by atoms with E-state index in [1.54, 1.807) is 18.7 Å². The Labute approximate surface area is 176 Å². The molecule has 148 valence electrons. The number of rotatable bonds is 4. The average Bonchev–Trinajstić information content (AvgIpc) is 3.06. The molecule has 0 bridgehead atoms. The van der Waals surface area contributed by atoms with E-state index in [1.165, 1.54) is 23.4 Å². The average molecular weight is 427 g/mol. The Kier molecular flexibility index (Phi) is 5.10. The van der Waals surface area contributed by atoms with Gasteiger partial charge in [0.15, 0.2) is 16.3 Å². The number of halogens is 1. The van der Waals surface area contributed by atoms with Gasteiger partial charge in [-0.25, -0.2) is 9.78 Å². The highest BCUT2D eigenvalue weighted by Gasteiger charge is 2.22. The van der Waals surface area contributed by atoms with Crippen LogP contribution < -0.4 is 11.2 Å². The van der Waals surface area contributed by atoms with E-state index in [4.69, 9.17) is 11.6 Å². The molecule has 0 saturated carbocycles. The van der Waals surface area contributed by atoms with Crippen LogP contribution in [0.25, 0.3) is 11.2 Å². The van der Waals surface area contributed by atoms with Crippen LogP contribution in [0.1, 0.15) is 16.4 Å². The van der Waals surface area contributed by atoms with Crippen LogP contribution >= 0.6 is 23.4 Å². The predicted octanol–water partition coefficient (Wildman–Crippen LogP) is 3.51. The van der Waals surface area contributed by atoms with Gasteiger partial charge in [0.1, 0.15) is 0 Å². The van der Waals surface area contributed by atoms with Crippen LogP contribution in [0.5, 0.6) is 0 Å². The minimum absolute atomic E-state index is 0.0511. The lowest BCUT2D eigenvalue weighted by atomic mass is 10.0. The van der Waals surface area contributed by atoms with E-state index < -0.39 is 5.69 Å². The third kappa shape index (κ3) is 3.41. The van der Waals surface area contributed by atoms with Crippen molar-refractivity contribution in [2.75, 3.05) is 0 Å². The number of nitrogens with zero attached hydrogens (tertiary/aromatic N) is 4. The molecule has 0 fully saturated rings. The lowest BCUT2D eigenvalue weighted by Crippen LogP contribution is -2.37. The van der Waals surface area contributed by atoms with E-state index in [0.29, 0.717) is 21.3 Å². The molecule has 0 saturated heterocycles. The molecule has 2 aromatic carbocycles. The molecular formula is C21H19ClN4O2S. The predicted molar refractivity (Wildman–Crippen MR) is 117 cm³/mol. The van der Waals surface area contributed by atoms with Gasteiger partial charge in [-0.2, -0.15) is 0 Å². The molecule has 4 rings (SSSR count). The first-order valence-corrected chi connectivity index (χ1v) is 10.2. The fourth-order valence-corrected chi connectivity index (χ4v) is 4.62. The third-order valence-corrected chi connectivity index (χ3v) is 6.54. The minimum Gasteiger partial charge on any atom is -0.316 e. The number of aryl methyl sites for hydroxylation is 2. The summed E-state index contributed by atoms with van der Waals surface area (Å²) in [6.45, 7) is 0. The molecule has 0 aliphatic carbocycles. The van der Waals surface area contributed by atoms with Crippen LogP contribution in [-0.4, -0.2) is 18.7 Å². The summed E-state index contributed by atoms with van der Waals surface area (Å²) in [4.78, 5) is 29.6. The zero-order valence-corrected chi connectivity index (χ0v) is 17.7. The number of aromatic nitrogens is 4. The van der Waals surface area contributed by atoms with Crippen LogP contribution in [0.4, 0.5) is 0 Å². The first-order valence-electron chi connectivity index (χ1n) is 8.98. The fraction of sp³-hybridized carbons (Fsp3) is 0.190. The van der Waals surface area contributed by atoms with Gasteiger partial charge in [-0.3, -0.25) is 13.9 Å². The summed E-state index contributed by atoms with van der Waals surface area (Å²) >= 11 is 7.60. The van der Waals surface area contributed by atoms with Crippen LogP contribution in [0.15, 0.2) is 69.3 Å². The normalized spacial score (nSPS) is 12.4. The highest BCUT2D eigenvalue weighted by Crippen LogP contribution is 2.40. The molecule has 1 atom stereocenters. The van der Waals surface area contributed by atoms with E-state index in [-0.39, 0.29) is 10.8 Å². The maximum absolute atomic E-state index is 12.7. The van der Waals surface area contributed by atoms with Gasteiger partial charge in [0.2, 0.25) is 0 Å². The molecule has 0 aliphatic heterocycles. The zero-order chi connectivity index (χ0) is 20.7. The van der Waals surface area contributed by atoms with Crippen molar-refractivity contribution in [2.45, 2.75) is 10.4 Å². The second-order valence-corrected chi connectivity index (χ2v) is 8.30. The van der Waals surface area contributed by atoms with Crippen molar-refractivity contribution in [1.29, 1.82) is 0 Å². The van der Waals surface area contributed by atoms with Gasteiger partial charge in [0.05, 0.1) is 5.25 Å². The van der Waals surface area contributed by atoms with Crippen molar-refractivity contribution in [3.63, 3.8) is 0 Å². The molecule has 8 heteroatoms. The van der Waals surface area contributed by atoms with Gasteiger partial charge in [-0.15, -0.1) is 0 Å². The van der Waals surface area contributed by atoms with Gasteiger partial charge in [0.25, 0.3) is 5.56 Å². The quantitative estimate of drug-likeness (QED) is 0.468. The van der Waals surface area contributed by atoms with E-state index >= 15 is 0 Å². The van der Waals surface area contributed by atoms with Crippen LogP contribution in [0, 0.1) is 0 Å². The van der Waals surface area contributed by atoms with Crippen molar-refractivity contribution >= 4 is 34.5 Å². The Morgan fingerprint density at radius 3 is 2.14 bits per heavy atom. The van der Waals surface area contributed by atoms with Crippen LogP contribution in [0.2, 0.25) is 5.02 Å². The SMILES string of the molecule is Cn1c(=O)c2c(nc(SC(c3ccccc3)c3ccc(Cl)cc3)n2C)n(C)c1=O. The summed E-state index contributed by atoms with van der Waals surface area (Å²) in [6, 6.07) is 17.8. The van der Waals surface area contributed by atoms with Gasteiger partial charge >= 0.3 is 5.69 Å². The first-order chi connectivity index (χ1) is 13.9. The molecule has 0 spiro atoms. The smallest absolute Gasteiger partial charge is 0.316 e. The molecule has 29 heavy (non-hydrogen) atoms. The van der Waals surface area contributed by atoms with Crippen LogP contribution in [0.3, 0.4) is 0 Å². The van der Waals surface area contributed by atoms with Crippen LogP contribution in [-0.2, 0) is 21.1 Å². The Morgan fingerprint density at radius 1 is 0.862 bits per heavy atom. The summed E-state index contributed by atoms with van der Waals surface area (Å²) in [6.07, 6.45) is 0. The Hall–Kier alpha value is -2.77. The molecule has 6 nitrogen and oxygen atoms in total. The van der Waals surface area contributed by atoms with E-state index in [0.717, 1.165) is 15.7 Å². The Morgan fingerprint density at radius 2 is 1.48 bits per heavy atom. The molecule has 0 radical (unpaired) electrons. The lowest BCUT2D eigenvalue weighted by Gasteiger charge is -2.17. The van der Waals surface area contributed by atoms with Gasteiger partial charge in [-0.1, -0.05) is 65.8 Å². The highest BCUT2D eigenvalue weighted by atomic mass is 35.5. The lowest BCUT2D eigenvalue weighted by molar-refractivity contribution is 0.705. The summed E-state index contributed by atoms with van der Waals surface area (Å²) in [7, 11) is 4.90. The largest absolute Gasteiger partial charge is 0.332 e. The number of benzene rings is 2. The van der Waals surface area contributed by atoms with Gasteiger partial charge < -0.3 is 4.57 Å². The summed E-state index contributed by atoms with van der Waals surface area (Å²) < 4.78 is 4.26. The highest BCUT2D eigenvalue weighted by molar-refractivity contribution is 7.99. The van der Waals surface area contributed by atoms with Gasteiger partial charge in [-0.05, 0) is 23.3 Å². The van der Waals surface area contributed by atoms with E-state index in [9.17, 15) is 9.59 Å². The van der Waals surface area contributed by atoms with Crippen molar-refractivity contribution in [3.8, 4) is 0 Å². The fourth-order valence-electron chi connectivity index (χ4n) is 3.30. The maximum Gasteiger partial charge on any atom is 0.332 e. The third-order valence-electron chi connectivity index (χ3n) is 4.93. The molecule has 2 aromatic heterocycles. The standard InChI is InChI=1S/C21H19ClN4O2S/c1-24-16-18(25(2)21(28)26(3)19(16)27)23-20(24)29-17(13-7-5-4-6-8-13)14-9-11-15(22)12-10-14/h4-12,17H,1-3H3. The second kappa shape index (κ2) is 7.57.